The van der Waals surface area contributed by atoms with Gasteiger partial charge in [-0.1, -0.05) is 19.9 Å². The molecule has 0 atom stereocenters. The van der Waals surface area contributed by atoms with Crippen LogP contribution in [0.2, 0.25) is 0 Å². The molecule has 0 unspecified atom stereocenters. The molecule has 0 spiro atoms. The van der Waals surface area contributed by atoms with Gasteiger partial charge in [0.25, 0.3) is 30.4 Å². The molecule has 0 saturated heterocycles. The van der Waals surface area contributed by atoms with Gasteiger partial charge in [-0.05, 0) is 48.2 Å². The Morgan fingerprint density at radius 3 is 1.57 bits per heavy atom. The zero-order chi connectivity index (χ0) is 21.5. The van der Waals surface area contributed by atoms with Crippen molar-refractivity contribution in [2.45, 2.75) is 41.4 Å². The molecule has 0 aliphatic heterocycles. The Labute approximate surface area is 163 Å². The zero-order valence-electron chi connectivity index (χ0n) is 14.8. The first-order valence-electron chi connectivity index (χ1n) is 7.92. The quantitative estimate of drug-likeness (QED) is 0.560. The van der Waals surface area contributed by atoms with E-state index in [1.807, 2.05) is 0 Å². The molecule has 2 rings (SSSR count). The molecule has 0 aromatic heterocycles. The van der Waals surface area contributed by atoms with E-state index in [1.54, 1.807) is 6.92 Å². The van der Waals surface area contributed by atoms with Crippen molar-refractivity contribution in [1.29, 1.82) is 0 Å². The van der Waals surface area contributed by atoms with E-state index in [1.165, 1.54) is 19.1 Å². The molecule has 2 aromatic carbocycles. The van der Waals surface area contributed by atoms with Gasteiger partial charge in [0.1, 0.15) is 9.79 Å². The largest absolute Gasteiger partial charge is 0.295 e. The number of hydrogen-bond acceptors (Lipinski definition) is 6. The number of rotatable bonds is 6. The summed E-state index contributed by atoms with van der Waals surface area (Å²) in [4.78, 5) is -2.27. The summed E-state index contributed by atoms with van der Waals surface area (Å²) in [6, 6.07) is 5.44. The molecule has 0 heterocycles. The van der Waals surface area contributed by atoms with Crippen molar-refractivity contribution in [2.24, 2.45) is 0 Å². The first-order chi connectivity index (χ1) is 12.7. The summed E-state index contributed by atoms with van der Waals surface area (Å²) in [7, 11) is -14.6. The van der Waals surface area contributed by atoms with E-state index in [0.29, 0.717) is 18.1 Å². The van der Waals surface area contributed by atoms with Crippen LogP contribution in [0.5, 0.6) is 0 Å². The molecule has 2 aromatic rings. The minimum absolute atomic E-state index is 0.00640. The van der Waals surface area contributed by atoms with E-state index < -0.39 is 45.0 Å². The molecule has 0 amide bonds. The second-order valence-corrected chi connectivity index (χ2v) is 10.1. The van der Waals surface area contributed by atoms with Gasteiger partial charge >= 0.3 is 0 Å². The van der Waals surface area contributed by atoms with Gasteiger partial charge in [0, 0.05) is 11.1 Å². The Bertz CT molecular complexity index is 1240. The van der Waals surface area contributed by atoms with Crippen LogP contribution in [-0.2, 0) is 43.2 Å². The highest BCUT2D eigenvalue weighted by atomic mass is 32.2. The first kappa shape index (κ1) is 22.5. The van der Waals surface area contributed by atoms with Crippen LogP contribution in [0.15, 0.2) is 45.0 Å². The predicted molar refractivity (Wildman–Crippen MR) is 100 cm³/mol. The van der Waals surface area contributed by atoms with Gasteiger partial charge in [-0.3, -0.25) is 13.7 Å². The van der Waals surface area contributed by atoms with Gasteiger partial charge in [0.05, 0.1) is 4.90 Å². The highest BCUT2D eigenvalue weighted by Gasteiger charge is 2.27. The molecule has 9 nitrogen and oxygen atoms in total. The molecule has 0 radical (unpaired) electrons. The standard InChI is InChI=1S/C16H18O9S3/c1-3-10-5-6-14(26(17,18)19)12(7-10)13-8-11(4-2)15(27(20,21)22)9-16(13)28(23,24)25/h5-9H,3-4H2,1-2H3,(H,17,18,19)(H,20,21,22)(H,23,24,25). The van der Waals surface area contributed by atoms with Crippen LogP contribution in [0.25, 0.3) is 11.1 Å². The van der Waals surface area contributed by atoms with Crippen LogP contribution >= 0.6 is 0 Å². The van der Waals surface area contributed by atoms with E-state index in [4.69, 9.17) is 0 Å². The van der Waals surface area contributed by atoms with Crippen molar-refractivity contribution >= 4 is 30.4 Å². The van der Waals surface area contributed by atoms with E-state index in [0.717, 1.165) is 12.1 Å². The lowest BCUT2D eigenvalue weighted by Crippen LogP contribution is -2.10. The monoisotopic (exact) mass is 450 g/mol. The highest BCUT2D eigenvalue weighted by Crippen LogP contribution is 2.36. The van der Waals surface area contributed by atoms with E-state index in [9.17, 15) is 38.9 Å². The summed E-state index contributed by atoms with van der Waals surface area (Å²) in [5.41, 5.74) is 0.0365. The molecular formula is C16H18O9S3. The van der Waals surface area contributed by atoms with Gasteiger partial charge in [-0.2, -0.15) is 25.3 Å². The Morgan fingerprint density at radius 2 is 1.14 bits per heavy atom. The average molecular weight is 451 g/mol. The van der Waals surface area contributed by atoms with Crippen molar-refractivity contribution in [2.75, 3.05) is 0 Å². The third-order valence-electron chi connectivity index (χ3n) is 4.12. The zero-order valence-corrected chi connectivity index (χ0v) is 17.3. The van der Waals surface area contributed by atoms with Gasteiger partial charge in [-0.15, -0.1) is 0 Å². The molecule has 0 saturated carbocycles. The Morgan fingerprint density at radius 1 is 0.643 bits per heavy atom. The van der Waals surface area contributed by atoms with Crippen molar-refractivity contribution in [3.63, 3.8) is 0 Å². The average Bonchev–Trinajstić information content (AvgIpc) is 2.57. The van der Waals surface area contributed by atoms with Crippen LogP contribution in [0.1, 0.15) is 25.0 Å². The lowest BCUT2D eigenvalue weighted by molar-refractivity contribution is 0.477. The maximum atomic E-state index is 11.9. The van der Waals surface area contributed by atoms with Gasteiger partial charge < -0.3 is 0 Å². The molecule has 0 fully saturated rings. The molecule has 0 aliphatic rings. The molecule has 0 aliphatic carbocycles. The SMILES string of the molecule is CCc1ccc(S(=O)(=O)O)c(-c2cc(CC)c(S(=O)(=O)O)cc2S(=O)(=O)O)c1. The van der Waals surface area contributed by atoms with Crippen molar-refractivity contribution < 1.29 is 38.9 Å². The van der Waals surface area contributed by atoms with Gasteiger partial charge in [0.2, 0.25) is 0 Å². The number of hydrogen-bond donors (Lipinski definition) is 3. The summed E-state index contributed by atoms with van der Waals surface area (Å²) in [6.45, 7) is 3.29. The smallest absolute Gasteiger partial charge is 0.282 e. The maximum absolute atomic E-state index is 11.9. The molecule has 28 heavy (non-hydrogen) atoms. The minimum Gasteiger partial charge on any atom is -0.282 e. The molecule has 0 bridgehead atoms. The van der Waals surface area contributed by atoms with Crippen LogP contribution in [0.3, 0.4) is 0 Å². The summed E-state index contributed by atoms with van der Waals surface area (Å²) in [5.74, 6) is 0. The Hall–Kier alpha value is -1.83. The Balaban J connectivity index is 3.09. The van der Waals surface area contributed by atoms with Gasteiger partial charge in [-0.25, -0.2) is 0 Å². The summed E-state index contributed by atoms with van der Waals surface area (Å²) >= 11 is 0. The van der Waals surface area contributed by atoms with Crippen molar-refractivity contribution in [3.05, 3.63) is 41.5 Å². The van der Waals surface area contributed by atoms with Crippen LogP contribution < -0.4 is 0 Å². The normalized spacial score (nSPS) is 12.9. The molecule has 154 valence electrons. The second-order valence-electron chi connectivity index (χ2n) is 5.92. The van der Waals surface area contributed by atoms with E-state index >= 15 is 0 Å². The van der Waals surface area contributed by atoms with Crippen molar-refractivity contribution in [1.82, 2.24) is 0 Å². The summed E-state index contributed by atoms with van der Waals surface area (Å²) < 4.78 is 99.0. The third kappa shape index (κ3) is 4.59. The number of aryl methyl sites for hydroxylation is 2. The molecular weight excluding hydrogens is 432 g/mol. The predicted octanol–water partition coefficient (Wildman–Crippen LogP) is 2.22. The summed E-state index contributed by atoms with van der Waals surface area (Å²) in [6.07, 6.45) is 0.492. The molecule has 12 heteroatoms. The van der Waals surface area contributed by atoms with Crippen LogP contribution in [0.4, 0.5) is 0 Å². The van der Waals surface area contributed by atoms with E-state index in [2.05, 4.69) is 0 Å². The lowest BCUT2D eigenvalue weighted by atomic mass is 9.99. The number of benzene rings is 2. The third-order valence-corrected chi connectivity index (χ3v) is 6.86. The van der Waals surface area contributed by atoms with Crippen LogP contribution in [0, 0.1) is 0 Å². The highest BCUT2D eigenvalue weighted by molar-refractivity contribution is 7.87. The fourth-order valence-corrected chi connectivity index (χ4v) is 5.06. The van der Waals surface area contributed by atoms with Crippen molar-refractivity contribution in [3.8, 4) is 11.1 Å². The first-order valence-corrected chi connectivity index (χ1v) is 12.2. The fourth-order valence-electron chi connectivity index (χ4n) is 2.78. The summed E-state index contributed by atoms with van der Waals surface area (Å²) in [5, 5.41) is 0. The van der Waals surface area contributed by atoms with Gasteiger partial charge in [0.15, 0.2) is 0 Å². The minimum atomic E-state index is -5.02. The molecule has 3 N–H and O–H groups in total. The van der Waals surface area contributed by atoms with E-state index in [-0.39, 0.29) is 23.1 Å². The lowest BCUT2D eigenvalue weighted by Gasteiger charge is -2.16. The topological polar surface area (TPSA) is 163 Å². The fraction of sp³-hybridized carbons (Fsp3) is 0.250. The van der Waals surface area contributed by atoms with Crippen LogP contribution in [-0.4, -0.2) is 38.9 Å². The maximum Gasteiger partial charge on any atom is 0.295 e. The Kier molecular flexibility index (Phi) is 6.05. The second kappa shape index (κ2) is 7.54.